The van der Waals surface area contributed by atoms with Crippen LogP contribution in [0.4, 0.5) is 10.1 Å². The summed E-state index contributed by atoms with van der Waals surface area (Å²) in [6.07, 6.45) is 1.44. The summed E-state index contributed by atoms with van der Waals surface area (Å²) in [5, 5.41) is 5.80. The Labute approximate surface area is 146 Å². The van der Waals surface area contributed by atoms with Gasteiger partial charge in [0.05, 0.1) is 6.04 Å². The molecule has 2 amide bonds. The SMILES string of the molecule is C[C@H](NC(=O)CC[C@@H]1Cc2ccccc2NC1=O)c1ccc(F)cc1. The lowest BCUT2D eigenvalue weighted by Crippen LogP contribution is -2.32. The van der Waals surface area contributed by atoms with Gasteiger partial charge < -0.3 is 10.6 Å². The Bertz CT molecular complexity index is 774. The Morgan fingerprint density at radius 1 is 1.24 bits per heavy atom. The van der Waals surface area contributed by atoms with Crippen molar-refractivity contribution < 1.29 is 14.0 Å². The molecule has 1 aliphatic rings. The van der Waals surface area contributed by atoms with Gasteiger partial charge in [-0.3, -0.25) is 9.59 Å². The first kappa shape index (κ1) is 17.1. The van der Waals surface area contributed by atoms with E-state index < -0.39 is 0 Å². The standard InChI is InChI=1S/C20H21FN2O2/c1-13(14-6-9-17(21)10-7-14)22-19(24)11-8-16-12-15-4-2-3-5-18(15)23-20(16)25/h2-7,9-10,13,16H,8,11-12H2,1H3,(H,22,24)(H,23,25)/t13-,16+/m0/s1. The number of amides is 2. The van der Waals surface area contributed by atoms with Gasteiger partial charge >= 0.3 is 0 Å². The highest BCUT2D eigenvalue weighted by Gasteiger charge is 2.26. The summed E-state index contributed by atoms with van der Waals surface area (Å²) >= 11 is 0. The topological polar surface area (TPSA) is 58.2 Å². The Hall–Kier alpha value is -2.69. The van der Waals surface area contributed by atoms with Crippen molar-refractivity contribution in [3.05, 3.63) is 65.5 Å². The Morgan fingerprint density at radius 2 is 1.96 bits per heavy atom. The number of anilines is 1. The lowest BCUT2D eigenvalue weighted by molar-refractivity contribution is -0.123. The summed E-state index contributed by atoms with van der Waals surface area (Å²) in [6.45, 7) is 1.86. The van der Waals surface area contributed by atoms with Crippen LogP contribution in [0.5, 0.6) is 0 Å². The van der Waals surface area contributed by atoms with E-state index >= 15 is 0 Å². The number of carbonyl (C=O) groups excluding carboxylic acids is 2. The summed E-state index contributed by atoms with van der Waals surface area (Å²) in [6, 6.07) is 13.6. The predicted molar refractivity (Wildman–Crippen MR) is 94.5 cm³/mol. The van der Waals surface area contributed by atoms with Crippen molar-refractivity contribution in [2.24, 2.45) is 5.92 Å². The molecule has 0 unspecified atom stereocenters. The van der Waals surface area contributed by atoms with Gasteiger partial charge in [-0.05, 0) is 49.1 Å². The molecule has 0 aromatic heterocycles. The van der Waals surface area contributed by atoms with E-state index in [9.17, 15) is 14.0 Å². The number of fused-ring (bicyclic) bond motifs is 1. The van der Waals surface area contributed by atoms with Crippen molar-refractivity contribution in [1.29, 1.82) is 0 Å². The van der Waals surface area contributed by atoms with E-state index in [2.05, 4.69) is 10.6 Å². The van der Waals surface area contributed by atoms with E-state index in [1.807, 2.05) is 31.2 Å². The van der Waals surface area contributed by atoms with Crippen molar-refractivity contribution >= 4 is 17.5 Å². The molecule has 2 atom stereocenters. The van der Waals surface area contributed by atoms with Gasteiger partial charge in [0.15, 0.2) is 0 Å². The molecule has 1 aliphatic heterocycles. The van der Waals surface area contributed by atoms with Crippen molar-refractivity contribution in [3.63, 3.8) is 0 Å². The third kappa shape index (κ3) is 4.24. The number of nitrogens with one attached hydrogen (secondary N) is 2. The van der Waals surface area contributed by atoms with Crippen LogP contribution in [0, 0.1) is 11.7 Å². The Balaban J connectivity index is 1.52. The molecule has 0 aliphatic carbocycles. The fraction of sp³-hybridized carbons (Fsp3) is 0.300. The van der Waals surface area contributed by atoms with Crippen LogP contribution in [-0.4, -0.2) is 11.8 Å². The van der Waals surface area contributed by atoms with E-state index in [1.54, 1.807) is 12.1 Å². The van der Waals surface area contributed by atoms with Crippen LogP contribution >= 0.6 is 0 Å². The van der Waals surface area contributed by atoms with Crippen LogP contribution in [0.25, 0.3) is 0 Å². The summed E-state index contributed by atoms with van der Waals surface area (Å²) in [5.74, 6) is -0.630. The quantitative estimate of drug-likeness (QED) is 0.874. The van der Waals surface area contributed by atoms with Gasteiger partial charge in [-0.1, -0.05) is 30.3 Å². The molecule has 0 fully saturated rings. The zero-order valence-electron chi connectivity index (χ0n) is 14.1. The molecule has 5 heteroatoms. The zero-order valence-corrected chi connectivity index (χ0v) is 14.1. The number of rotatable bonds is 5. The van der Waals surface area contributed by atoms with Crippen molar-refractivity contribution in [1.82, 2.24) is 5.32 Å². The molecular formula is C20H21FN2O2. The maximum absolute atomic E-state index is 13.0. The molecular weight excluding hydrogens is 319 g/mol. The van der Waals surface area contributed by atoms with Crippen LogP contribution in [0.3, 0.4) is 0 Å². The van der Waals surface area contributed by atoms with Crippen molar-refractivity contribution in [2.75, 3.05) is 5.32 Å². The van der Waals surface area contributed by atoms with E-state index in [4.69, 9.17) is 0 Å². The van der Waals surface area contributed by atoms with Crippen LogP contribution in [0.1, 0.15) is 36.9 Å². The molecule has 25 heavy (non-hydrogen) atoms. The lowest BCUT2D eigenvalue weighted by atomic mass is 9.89. The first-order valence-corrected chi connectivity index (χ1v) is 8.46. The van der Waals surface area contributed by atoms with E-state index in [0.717, 1.165) is 16.8 Å². The minimum Gasteiger partial charge on any atom is -0.350 e. The fourth-order valence-corrected chi connectivity index (χ4v) is 3.10. The molecule has 4 nitrogen and oxygen atoms in total. The van der Waals surface area contributed by atoms with E-state index in [0.29, 0.717) is 12.8 Å². The normalized spacial score (nSPS) is 17.4. The van der Waals surface area contributed by atoms with Crippen molar-refractivity contribution in [2.45, 2.75) is 32.2 Å². The maximum Gasteiger partial charge on any atom is 0.227 e. The second-order valence-corrected chi connectivity index (χ2v) is 6.43. The number of hydrogen-bond donors (Lipinski definition) is 2. The minimum atomic E-state index is -0.300. The first-order chi connectivity index (χ1) is 12.0. The third-order valence-corrected chi connectivity index (χ3v) is 4.58. The molecule has 1 heterocycles. The predicted octanol–water partition coefficient (Wildman–Crippen LogP) is 3.59. The van der Waals surface area contributed by atoms with Crippen molar-refractivity contribution in [3.8, 4) is 0 Å². The molecule has 130 valence electrons. The minimum absolute atomic E-state index is 0.0296. The number of para-hydroxylation sites is 1. The first-order valence-electron chi connectivity index (χ1n) is 8.46. The number of halogens is 1. The molecule has 2 N–H and O–H groups in total. The van der Waals surface area contributed by atoms with Crippen LogP contribution < -0.4 is 10.6 Å². The van der Waals surface area contributed by atoms with E-state index in [1.165, 1.54) is 12.1 Å². The van der Waals surface area contributed by atoms with Crippen LogP contribution in [0.15, 0.2) is 48.5 Å². The fourth-order valence-electron chi connectivity index (χ4n) is 3.10. The van der Waals surface area contributed by atoms with Gasteiger partial charge in [-0.25, -0.2) is 4.39 Å². The van der Waals surface area contributed by atoms with Gasteiger partial charge in [-0.2, -0.15) is 0 Å². The average molecular weight is 340 g/mol. The zero-order chi connectivity index (χ0) is 17.8. The second kappa shape index (κ2) is 7.47. The van der Waals surface area contributed by atoms with Gasteiger partial charge in [0.1, 0.15) is 5.82 Å². The number of hydrogen-bond acceptors (Lipinski definition) is 2. The molecule has 0 saturated heterocycles. The molecule has 2 aromatic rings. The highest BCUT2D eigenvalue weighted by Crippen LogP contribution is 2.27. The van der Waals surface area contributed by atoms with Gasteiger partial charge in [-0.15, -0.1) is 0 Å². The Kier molecular flexibility index (Phi) is 5.12. The van der Waals surface area contributed by atoms with Gasteiger partial charge in [0, 0.05) is 18.0 Å². The smallest absolute Gasteiger partial charge is 0.227 e. The molecule has 0 saturated carbocycles. The van der Waals surface area contributed by atoms with Crippen LogP contribution in [0.2, 0.25) is 0 Å². The van der Waals surface area contributed by atoms with E-state index in [-0.39, 0.29) is 36.0 Å². The molecule has 3 rings (SSSR count). The summed E-state index contributed by atoms with van der Waals surface area (Å²) in [4.78, 5) is 24.3. The summed E-state index contributed by atoms with van der Waals surface area (Å²) in [7, 11) is 0. The number of carbonyl (C=O) groups is 2. The average Bonchev–Trinajstić information content (AvgIpc) is 2.60. The van der Waals surface area contributed by atoms with Crippen LogP contribution in [-0.2, 0) is 16.0 Å². The molecule has 0 spiro atoms. The lowest BCUT2D eigenvalue weighted by Gasteiger charge is -2.24. The Morgan fingerprint density at radius 3 is 2.72 bits per heavy atom. The monoisotopic (exact) mass is 340 g/mol. The molecule has 0 radical (unpaired) electrons. The third-order valence-electron chi connectivity index (χ3n) is 4.58. The van der Waals surface area contributed by atoms with Gasteiger partial charge in [0.25, 0.3) is 0 Å². The molecule has 0 bridgehead atoms. The van der Waals surface area contributed by atoms with Gasteiger partial charge in [0.2, 0.25) is 11.8 Å². The largest absolute Gasteiger partial charge is 0.350 e. The number of benzene rings is 2. The molecule has 2 aromatic carbocycles. The summed E-state index contributed by atoms with van der Waals surface area (Å²) < 4.78 is 13.0. The summed E-state index contributed by atoms with van der Waals surface area (Å²) in [5.41, 5.74) is 2.81. The maximum atomic E-state index is 13.0. The second-order valence-electron chi connectivity index (χ2n) is 6.43. The highest BCUT2D eigenvalue weighted by molar-refractivity contribution is 5.96. The highest BCUT2D eigenvalue weighted by atomic mass is 19.1.